The fraction of sp³-hybridized carbons (Fsp3) is 0.357. The molecule has 4 atom stereocenters. The number of aliphatic carboxylic acids is 1. The number of carboxylic acids is 1. The molecule has 2 aliphatic rings. The van der Waals surface area contributed by atoms with E-state index in [0.717, 1.165) is 5.56 Å². The first kappa shape index (κ1) is 12.8. The smallest absolute Gasteiger partial charge is 0.310 e. The molecule has 1 aromatic heterocycles. The number of hydrogen-bond acceptors (Lipinski definition) is 4. The molecule has 0 spiro atoms. The van der Waals surface area contributed by atoms with Crippen LogP contribution in [0.1, 0.15) is 5.56 Å². The zero-order valence-corrected chi connectivity index (χ0v) is 10.6. The van der Waals surface area contributed by atoms with Crippen molar-refractivity contribution in [2.24, 2.45) is 11.8 Å². The van der Waals surface area contributed by atoms with Crippen molar-refractivity contribution in [1.82, 2.24) is 10.3 Å². The Hall–Kier alpha value is -2.21. The van der Waals surface area contributed by atoms with Crippen molar-refractivity contribution in [1.29, 1.82) is 0 Å². The highest BCUT2D eigenvalue weighted by Crippen LogP contribution is 2.39. The second-order valence-electron chi connectivity index (χ2n) is 4.92. The molecule has 2 N–H and O–H groups in total. The normalized spacial score (nSPS) is 30.4. The number of amides is 1. The zero-order chi connectivity index (χ0) is 14.1. The number of aromatic nitrogens is 1. The average molecular weight is 274 g/mol. The summed E-state index contributed by atoms with van der Waals surface area (Å²) in [6.45, 7) is 0.330. The SMILES string of the molecule is O=C(O)[C@H]1[C@H](C(=O)NCc2cccnc2)[C@H]2C=C[C@H]1O2. The van der Waals surface area contributed by atoms with E-state index in [2.05, 4.69) is 10.3 Å². The van der Waals surface area contributed by atoms with Gasteiger partial charge in [-0.25, -0.2) is 0 Å². The predicted molar refractivity (Wildman–Crippen MR) is 68.5 cm³/mol. The van der Waals surface area contributed by atoms with Crippen LogP contribution in [0.2, 0.25) is 0 Å². The lowest BCUT2D eigenvalue weighted by atomic mass is 9.82. The molecule has 104 valence electrons. The van der Waals surface area contributed by atoms with Crippen LogP contribution in [-0.2, 0) is 20.9 Å². The Labute approximate surface area is 115 Å². The van der Waals surface area contributed by atoms with Crippen LogP contribution >= 0.6 is 0 Å². The third kappa shape index (κ3) is 2.18. The first-order valence-corrected chi connectivity index (χ1v) is 6.40. The fourth-order valence-electron chi connectivity index (χ4n) is 2.72. The molecule has 3 rings (SSSR count). The molecule has 20 heavy (non-hydrogen) atoms. The van der Waals surface area contributed by atoms with Gasteiger partial charge in [0.2, 0.25) is 5.91 Å². The summed E-state index contributed by atoms with van der Waals surface area (Å²) in [5.74, 6) is -2.76. The third-order valence-corrected chi connectivity index (χ3v) is 3.68. The van der Waals surface area contributed by atoms with Gasteiger partial charge in [-0.1, -0.05) is 18.2 Å². The number of ether oxygens (including phenoxy) is 1. The quantitative estimate of drug-likeness (QED) is 0.773. The van der Waals surface area contributed by atoms with Crippen molar-refractivity contribution in [3.63, 3.8) is 0 Å². The van der Waals surface area contributed by atoms with Crippen molar-refractivity contribution in [3.8, 4) is 0 Å². The van der Waals surface area contributed by atoms with Crippen molar-refractivity contribution < 1.29 is 19.4 Å². The first-order valence-electron chi connectivity index (χ1n) is 6.40. The van der Waals surface area contributed by atoms with Crippen molar-refractivity contribution in [2.45, 2.75) is 18.8 Å². The summed E-state index contributed by atoms with van der Waals surface area (Å²) in [7, 11) is 0. The molecular formula is C14H14N2O4. The summed E-state index contributed by atoms with van der Waals surface area (Å²) in [6, 6.07) is 3.63. The standard InChI is InChI=1S/C14H14N2O4/c17-13(16-7-8-2-1-5-15-6-8)11-9-3-4-10(20-9)12(11)14(18)19/h1-6,9-12H,7H2,(H,16,17)(H,18,19)/t9-,10-,11-,12-/m1/s1. The second kappa shape index (κ2) is 5.05. The van der Waals surface area contributed by atoms with Crippen molar-refractivity contribution in [2.75, 3.05) is 0 Å². The molecule has 1 fully saturated rings. The van der Waals surface area contributed by atoms with Crippen LogP contribution in [0.4, 0.5) is 0 Å². The van der Waals surface area contributed by atoms with E-state index in [0.29, 0.717) is 6.54 Å². The number of carbonyl (C=O) groups excluding carboxylic acids is 1. The van der Waals surface area contributed by atoms with E-state index >= 15 is 0 Å². The number of nitrogens with one attached hydrogen (secondary N) is 1. The molecule has 0 saturated carbocycles. The lowest BCUT2D eigenvalue weighted by Crippen LogP contribution is -2.42. The molecule has 6 heteroatoms. The summed E-state index contributed by atoms with van der Waals surface area (Å²) in [5, 5.41) is 12.0. The number of rotatable bonds is 4. The van der Waals surface area contributed by atoms with E-state index in [9.17, 15) is 14.7 Å². The maximum atomic E-state index is 12.2. The van der Waals surface area contributed by atoms with Gasteiger partial charge in [-0.05, 0) is 11.6 Å². The summed E-state index contributed by atoms with van der Waals surface area (Å²) in [6.07, 6.45) is 5.86. The molecule has 0 radical (unpaired) electrons. The number of hydrogen-bond donors (Lipinski definition) is 2. The van der Waals surface area contributed by atoms with Gasteiger partial charge in [0.15, 0.2) is 0 Å². The van der Waals surface area contributed by atoms with Crippen LogP contribution in [-0.4, -0.2) is 34.2 Å². The molecule has 0 aliphatic carbocycles. The molecule has 1 saturated heterocycles. The van der Waals surface area contributed by atoms with Crippen molar-refractivity contribution >= 4 is 11.9 Å². The zero-order valence-electron chi connectivity index (χ0n) is 10.6. The van der Waals surface area contributed by atoms with E-state index in [1.54, 1.807) is 30.6 Å². The van der Waals surface area contributed by atoms with E-state index in [1.807, 2.05) is 6.07 Å². The minimum Gasteiger partial charge on any atom is -0.481 e. The molecule has 2 bridgehead atoms. The van der Waals surface area contributed by atoms with Gasteiger partial charge in [0.05, 0.1) is 18.1 Å². The highest BCUT2D eigenvalue weighted by molar-refractivity contribution is 5.87. The Morgan fingerprint density at radius 3 is 2.70 bits per heavy atom. The highest BCUT2D eigenvalue weighted by Gasteiger charge is 2.53. The Morgan fingerprint density at radius 1 is 1.30 bits per heavy atom. The van der Waals surface area contributed by atoms with Gasteiger partial charge in [-0.2, -0.15) is 0 Å². The molecule has 6 nitrogen and oxygen atoms in total. The maximum absolute atomic E-state index is 12.2. The van der Waals surface area contributed by atoms with Crippen LogP contribution in [0.15, 0.2) is 36.7 Å². The Balaban J connectivity index is 1.68. The molecule has 0 aromatic carbocycles. The molecule has 0 unspecified atom stereocenters. The average Bonchev–Trinajstić information content (AvgIpc) is 3.06. The van der Waals surface area contributed by atoms with Crippen molar-refractivity contribution in [3.05, 3.63) is 42.2 Å². The monoisotopic (exact) mass is 274 g/mol. The predicted octanol–water partition coefficient (Wildman–Crippen LogP) is 0.352. The summed E-state index contributed by atoms with van der Waals surface area (Å²) < 4.78 is 5.47. The number of carboxylic acid groups (broad SMARTS) is 1. The van der Waals surface area contributed by atoms with Gasteiger partial charge >= 0.3 is 5.97 Å². The van der Waals surface area contributed by atoms with Crippen LogP contribution in [0.25, 0.3) is 0 Å². The maximum Gasteiger partial charge on any atom is 0.310 e. The topological polar surface area (TPSA) is 88.5 Å². The van der Waals surface area contributed by atoms with Crippen LogP contribution < -0.4 is 5.32 Å². The first-order chi connectivity index (χ1) is 9.66. The molecular weight excluding hydrogens is 260 g/mol. The van der Waals surface area contributed by atoms with E-state index in [4.69, 9.17) is 4.74 Å². The van der Waals surface area contributed by atoms with E-state index in [1.165, 1.54) is 0 Å². The van der Waals surface area contributed by atoms with Gasteiger partial charge < -0.3 is 15.2 Å². The minimum absolute atomic E-state index is 0.293. The lowest BCUT2D eigenvalue weighted by Gasteiger charge is -2.20. The van der Waals surface area contributed by atoms with Gasteiger partial charge in [0.25, 0.3) is 0 Å². The molecule has 2 aliphatic heterocycles. The second-order valence-corrected chi connectivity index (χ2v) is 4.92. The van der Waals surface area contributed by atoms with Crippen LogP contribution in [0.3, 0.4) is 0 Å². The number of pyridine rings is 1. The summed E-state index contributed by atoms with van der Waals surface area (Å²) in [5.41, 5.74) is 0.868. The molecule has 3 heterocycles. The number of fused-ring (bicyclic) bond motifs is 2. The van der Waals surface area contributed by atoms with Gasteiger partial charge in [0.1, 0.15) is 5.92 Å². The molecule has 1 aromatic rings. The Morgan fingerprint density at radius 2 is 2.05 bits per heavy atom. The number of carbonyl (C=O) groups is 2. The van der Waals surface area contributed by atoms with E-state index < -0.39 is 30.0 Å². The summed E-state index contributed by atoms with van der Waals surface area (Å²) in [4.78, 5) is 27.5. The van der Waals surface area contributed by atoms with Gasteiger partial charge in [-0.3, -0.25) is 14.6 Å². The van der Waals surface area contributed by atoms with E-state index in [-0.39, 0.29) is 5.91 Å². The minimum atomic E-state index is -0.997. The van der Waals surface area contributed by atoms with Crippen LogP contribution in [0.5, 0.6) is 0 Å². The van der Waals surface area contributed by atoms with Gasteiger partial charge in [-0.15, -0.1) is 0 Å². The largest absolute Gasteiger partial charge is 0.481 e. The summed E-state index contributed by atoms with van der Waals surface area (Å²) >= 11 is 0. The third-order valence-electron chi connectivity index (χ3n) is 3.68. The fourth-order valence-corrected chi connectivity index (χ4v) is 2.72. The lowest BCUT2D eigenvalue weighted by molar-refractivity contribution is -0.146. The number of nitrogens with zero attached hydrogens (tertiary/aromatic N) is 1. The Bertz CT molecular complexity index is 558. The van der Waals surface area contributed by atoms with Gasteiger partial charge in [0, 0.05) is 18.9 Å². The Kier molecular flexibility index (Phi) is 3.23. The molecule has 1 amide bonds. The highest BCUT2D eigenvalue weighted by atomic mass is 16.5. The van der Waals surface area contributed by atoms with Crippen LogP contribution in [0, 0.1) is 11.8 Å².